The van der Waals surface area contributed by atoms with Crippen LogP contribution in [0.1, 0.15) is 78.2 Å². The third-order valence-electron chi connectivity index (χ3n) is 4.09. The molecule has 180 valence electrons. The second-order valence-electron chi connectivity index (χ2n) is 10.9. The third-order valence-corrected chi connectivity index (χ3v) is 4.09. The number of carbonyl (C=O) groups excluding carboxylic acids is 1. The summed E-state index contributed by atoms with van der Waals surface area (Å²) in [6.07, 6.45) is 3.26. The van der Waals surface area contributed by atoms with Crippen LogP contribution >= 0.6 is 0 Å². The van der Waals surface area contributed by atoms with Gasteiger partial charge in [0.25, 0.3) is 0 Å². The monoisotopic (exact) mass is 454 g/mol. The zero-order chi connectivity index (χ0) is 25.0. The first-order valence-corrected chi connectivity index (χ1v) is 11.2. The molecule has 2 aromatic rings. The molecule has 2 aromatic carbocycles. The first-order chi connectivity index (χ1) is 15.1. The molecule has 0 aliphatic rings. The van der Waals surface area contributed by atoms with Gasteiger partial charge in [-0.05, 0) is 92.7 Å². The Bertz CT molecular complexity index is 998. The van der Waals surface area contributed by atoms with Gasteiger partial charge in [-0.3, -0.25) is 4.79 Å². The van der Waals surface area contributed by atoms with Crippen LogP contribution in [0.25, 0.3) is 6.08 Å². The number of methoxy groups -OCH3 is 1. The van der Waals surface area contributed by atoms with Crippen LogP contribution in [0.15, 0.2) is 42.5 Å². The molecule has 0 amide bonds. The van der Waals surface area contributed by atoms with Crippen LogP contribution in [0.4, 0.5) is 0 Å². The second-order valence-corrected chi connectivity index (χ2v) is 10.9. The summed E-state index contributed by atoms with van der Waals surface area (Å²) in [5, 5.41) is 0. The van der Waals surface area contributed by atoms with Crippen LogP contribution in [0.3, 0.4) is 0 Å². The topological polar surface area (TPSA) is 54.0 Å². The lowest BCUT2D eigenvalue weighted by atomic mass is 10.1. The summed E-state index contributed by atoms with van der Waals surface area (Å²) in [4.78, 5) is 13.1. The number of allylic oxidation sites excluding steroid dienone is 1. The minimum Gasteiger partial charge on any atom is -0.493 e. The van der Waals surface area contributed by atoms with Crippen LogP contribution in [0.5, 0.6) is 23.0 Å². The number of para-hydroxylation sites is 1. The van der Waals surface area contributed by atoms with E-state index in [0.29, 0.717) is 34.1 Å². The van der Waals surface area contributed by atoms with Gasteiger partial charge < -0.3 is 18.9 Å². The summed E-state index contributed by atoms with van der Waals surface area (Å²) in [7, 11) is 1.59. The Kier molecular flexibility index (Phi) is 7.89. The molecule has 2 rings (SSSR count). The molecular formula is C28H38O5. The van der Waals surface area contributed by atoms with Crippen LogP contribution in [0, 0.1) is 0 Å². The quantitative estimate of drug-likeness (QED) is 0.329. The highest BCUT2D eigenvalue weighted by Gasteiger charge is 2.22. The number of benzene rings is 2. The minimum atomic E-state index is -0.459. The standard InChI is InChI=1S/C28H38O5/c1-26(2,3)31-20-17-19(25(24(18-20)30-10)33-28(7,8)9)15-16-22(29)21-13-11-12-14-23(21)32-27(4,5)6/h11-18H,1-10H3/b16-15+. The van der Waals surface area contributed by atoms with Crippen molar-refractivity contribution >= 4 is 11.9 Å². The molecular weight excluding hydrogens is 416 g/mol. The molecule has 0 saturated heterocycles. The summed E-state index contributed by atoms with van der Waals surface area (Å²) < 4.78 is 23.9. The Morgan fingerprint density at radius 1 is 0.758 bits per heavy atom. The van der Waals surface area contributed by atoms with Gasteiger partial charge in [-0.2, -0.15) is 0 Å². The normalized spacial score (nSPS) is 12.5. The van der Waals surface area contributed by atoms with Gasteiger partial charge in [0.15, 0.2) is 17.3 Å². The first-order valence-electron chi connectivity index (χ1n) is 11.2. The van der Waals surface area contributed by atoms with Crippen LogP contribution in [-0.4, -0.2) is 29.7 Å². The fraction of sp³-hybridized carbons (Fsp3) is 0.464. The van der Waals surface area contributed by atoms with E-state index in [1.807, 2.05) is 80.5 Å². The molecule has 0 spiro atoms. The van der Waals surface area contributed by atoms with Crippen molar-refractivity contribution in [2.24, 2.45) is 0 Å². The average molecular weight is 455 g/mol. The average Bonchev–Trinajstić information content (AvgIpc) is 2.64. The molecule has 0 heterocycles. The fourth-order valence-electron chi connectivity index (χ4n) is 3.05. The summed E-state index contributed by atoms with van der Waals surface area (Å²) in [5.74, 6) is 2.10. The largest absolute Gasteiger partial charge is 0.493 e. The van der Waals surface area contributed by atoms with E-state index in [1.165, 1.54) is 6.08 Å². The van der Waals surface area contributed by atoms with Gasteiger partial charge in [0, 0.05) is 11.6 Å². The van der Waals surface area contributed by atoms with Crippen molar-refractivity contribution in [3.8, 4) is 23.0 Å². The van der Waals surface area contributed by atoms with Crippen molar-refractivity contribution in [1.29, 1.82) is 0 Å². The predicted octanol–water partition coefficient (Wildman–Crippen LogP) is 7.12. The number of carbonyl (C=O) groups is 1. The SMILES string of the molecule is COc1cc(OC(C)(C)C)cc(/C=C/C(=O)c2ccccc2OC(C)(C)C)c1OC(C)(C)C. The first kappa shape index (κ1) is 26.3. The number of rotatable bonds is 7. The van der Waals surface area contributed by atoms with Crippen LogP contribution < -0.4 is 18.9 Å². The molecule has 33 heavy (non-hydrogen) atoms. The lowest BCUT2D eigenvalue weighted by molar-refractivity contribution is 0.102. The molecule has 0 fully saturated rings. The Morgan fingerprint density at radius 2 is 1.33 bits per heavy atom. The lowest BCUT2D eigenvalue weighted by Gasteiger charge is -2.26. The number of ketones is 1. The van der Waals surface area contributed by atoms with Crippen molar-refractivity contribution < 1.29 is 23.7 Å². The van der Waals surface area contributed by atoms with Gasteiger partial charge in [0.2, 0.25) is 0 Å². The highest BCUT2D eigenvalue weighted by molar-refractivity contribution is 6.08. The predicted molar refractivity (Wildman–Crippen MR) is 134 cm³/mol. The molecule has 0 unspecified atom stereocenters. The third kappa shape index (κ3) is 8.49. The maximum Gasteiger partial charge on any atom is 0.189 e. The molecule has 0 atom stereocenters. The Balaban J connectivity index is 2.52. The number of hydrogen-bond acceptors (Lipinski definition) is 5. The molecule has 5 heteroatoms. The van der Waals surface area contributed by atoms with Gasteiger partial charge in [-0.1, -0.05) is 12.1 Å². The van der Waals surface area contributed by atoms with Crippen molar-refractivity contribution in [3.63, 3.8) is 0 Å². The highest BCUT2D eigenvalue weighted by atomic mass is 16.5. The Labute approximate surface area is 198 Å². The van der Waals surface area contributed by atoms with Gasteiger partial charge in [-0.15, -0.1) is 0 Å². The summed E-state index contributed by atoms with van der Waals surface area (Å²) >= 11 is 0. The number of hydrogen-bond donors (Lipinski definition) is 0. The maximum absolute atomic E-state index is 13.1. The van der Waals surface area contributed by atoms with E-state index in [1.54, 1.807) is 31.4 Å². The van der Waals surface area contributed by atoms with Crippen LogP contribution in [0.2, 0.25) is 0 Å². The zero-order valence-corrected chi connectivity index (χ0v) is 21.7. The molecule has 0 bridgehead atoms. The molecule has 0 N–H and O–H groups in total. The Hall–Kier alpha value is -2.95. The van der Waals surface area contributed by atoms with E-state index < -0.39 is 16.8 Å². The molecule has 0 radical (unpaired) electrons. The minimum absolute atomic E-state index is 0.169. The van der Waals surface area contributed by atoms with Gasteiger partial charge in [-0.25, -0.2) is 0 Å². The molecule has 0 aliphatic heterocycles. The van der Waals surface area contributed by atoms with E-state index in [-0.39, 0.29) is 5.78 Å². The Morgan fingerprint density at radius 3 is 1.88 bits per heavy atom. The molecule has 0 aromatic heterocycles. The highest BCUT2D eigenvalue weighted by Crippen LogP contribution is 2.39. The van der Waals surface area contributed by atoms with E-state index in [4.69, 9.17) is 18.9 Å². The summed E-state index contributed by atoms with van der Waals surface area (Å²) in [5.41, 5.74) is -0.0847. The van der Waals surface area contributed by atoms with Crippen molar-refractivity contribution in [2.75, 3.05) is 7.11 Å². The van der Waals surface area contributed by atoms with Gasteiger partial charge in [0.1, 0.15) is 28.3 Å². The van der Waals surface area contributed by atoms with Crippen molar-refractivity contribution in [1.82, 2.24) is 0 Å². The van der Waals surface area contributed by atoms with E-state index >= 15 is 0 Å². The smallest absolute Gasteiger partial charge is 0.189 e. The van der Waals surface area contributed by atoms with Crippen LogP contribution in [-0.2, 0) is 0 Å². The van der Waals surface area contributed by atoms with Crippen molar-refractivity contribution in [2.45, 2.75) is 79.1 Å². The van der Waals surface area contributed by atoms with E-state index in [0.717, 1.165) is 0 Å². The zero-order valence-electron chi connectivity index (χ0n) is 21.7. The summed E-state index contributed by atoms with van der Waals surface area (Å²) in [6, 6.07) is 10.9. The summed E-state index contributed by atoms with van der Waals surface area (Å²) in [6.45, 7) is 17.7. The van der Waals surface area contributed by atoms with Crippen molar-refractivity contribution in [3.05, 3.63) is 53.6 Å². The lowest BCUT2D eigenvalue weighted by Crippen LogP contribution is -2.25. The number of ether oxygens (including phenoxy) is 4. The van der Waals surface area contributed by atoms with Gasteiger partial charge >= 0.3 is 0 Å². The molecule has 5 nitrogen and oxygen atoms in total. The fourth-order valence-corrected chi connectivity index (χ4v) is 3.05. The maximum atomic E-state index is 13.1. The molecule has 0 aliphatic carbocycles. The second kappa shape index (κ2) is 9.90. The van der Waals surface area contributed by atoms with E-state index in [2.05, 4.69) is 0 Å². The van der Waals surface area contributed by atoms with Gasteiger partial charge in [0.05, 0.1) is 12.7 Å². The van der Waals surface area contributed by atoms with E-state index in [9.17, 15) is 4.79 Å². The molecule has 0 saturated carbocycles.